The van der Waals surface area contributed by atoms with E-state index in [2.05, 4.69) is 5.32 Å². The van der Waals surface area contributed by atoms with Crippen LogP contribution in [0.1, 0.15) is 18.9 Å². The van der Waals surface area contributed by atoms with Crippen LogP contribution in [-0.2, 0) is 0 Å². The predicted molar refractivity (Wildman–Crippen MR) is 60.4 cm³/mol. The van der Waals surface area contributed by atoms with Crippen molar-refractivity contribution in [2.24, 2.45) is 0 Å². The van der Waals surface area contributed by atoms with Gasteiger partial charge in [-0.25, -0.2) is 0 Å². The first kappa shape index (κ1) is 10.9. The molecule has 0 fully saturated rings. The summed E-state index contributed by atoms with van der Waals surface area (Å²) in [5.41, 5.74) is 8.64. The number of aliphatic hydroxyl groups is 1. The summed E-state index contributed by atoms with van der Waals surface area (Å²) in [5.74, 6) is 0. The summed E-state index contributed by atoms with van der Waals surface area (Å²) < 4.78 is 0. The second-order valence-corrected chi connectivity index (χ2v) is 3.64. The Hall–Kier alpha value is -1.22. The second-order valence-electron chi connectivity index (χ2n) is 3.64. The van der Waals surface area contributed by atoms with Gasteiger partial charge in [-0.05, 0) is 44.0 Å². The molecule has 14 heavy (non-hydrogen) atoms. The number of aliphatic hydroxyl groups excluding tert-OH is 1. The first-order valence-electron chi connectivity index (χ1n) is 4.87. The number of hydrogen-bond donors (Lipinski definition) is 3. The molecule has 1 atom stereocenters. The van der Waals surface area contributed by atoms with Gasteiger partial charge in [-0.1, -0.05) is 0 Å². The minimum atomic E-state index is -0.252. The molecule has 1 rings (SSSR count). The van der Waals surface area contributed by atoms with E-state index in [4.69, 9.17) is 10.8 Å². The topological polar surface area (TPSA) is 58.3 Å². The van der Waals surface area contributed by atoms with Crippen LogP contribution in [-0.4, -0.2) is 17.8 Å². The molecule has 0 radical (unpaired) electrons. The third-order valence-corrected chi connectivity index (χ3v) is 2.16. The van der Waals surface area contributed by atoms with Gasteiger partial charge in [-0.3, -0.25) is 0 Å². The quantitative estimate of drug-likeness (QED) is 0.640. The van der Waals surface area contributed by atoms with Crippen molar-refractivity contribution in [1.82, 2.24) is 0 Å². The fourth-order valence-corrected chi connectivity index (χ4v) is 1.21. The number of nitrogens with two attached hydrogens (primary N) is 1. The smallest absolute Gasteiger partial charge is 0.0528 e. The molecule has 0 aliphatic carbocycles. The van der Waals surface area contributed by atoms with Crippen LogP contribution in [0.4, 0.5) is 11.4 Å². The molecule has 0 saturated carbocycles. The Morgan fingerprint density at radius 2 is 2.21 bits per heavy atom. The molecule has 1 unspecified atom stereocenters. The summed E-state index contributed by atoms with van der Waals surface area (Å²) in [4.78, 5) is 0. The fourth-order valence-electron chi connectivity index (χ4n) is 1.21. The van der Waals surface area contributed by atoms with Crippen LogP contribution in [0.15, 0.2) is 18.2 Å². The highest BCUT2D eigenvalue weighted by molar-refractivity contribution is 5.56. The van der Waals surface area contributed by atoms with Crippen molar-refractivity contribution in [2.75, 3.05) is 17.6 Å². The van der Waals surface area contributed by atoms with E-state index in [0.717, 1.165) is 29.9 Å². The Morgan fingerprint density at radius 3 is 2.79 bits per heavy atom. The van der Waals surface area contributed by atoms with Crippen LogP contribution in [0.3, 0.4) is 0 Å². The third kappa shape index (κ3) is 3.26. The lowest BCUT2D eigenvalue weighted by Gasteiger charge is -2.09. The Labute approximate surface area is 84.9 Å². The van der Waals surface area contributed by atoms with Crippen molar-refractivity contribution >= 4 is 11.4 Å². The molecule has 0 aromatic heterocycles. The average Bonchev–Trinajstić information content (AvgIpc) is 2.10. The van der Waals surface area contributed by atoms with Gasteiger partial charge < -0.3 is 16.2 Å². The van der Waals surface area contributed by atoms with E-state index in [1.165, 1.54) is 0 Å². The summed E-state index contributed by atoms with van der Waals surface area (Å²) in [6, 6.07) is 5.85. The molecular formula is C11H18N2O. The molecule has 0 saturated heterocycles. The summed E-state index contributed by atoms with van der Waals surface area (Å²) in [6.45, 7) is 4.55. The van der Waals surface area contributed by atoms with Crippen molar-refractivity contribution in [1.29, 1.82) is 0 Å². The van der Waals surface area contributed by atoms with Gasteiger partial charge in [0.15, 0.2) is 0 Å². The van der Waals surface area contributed by atoms with Gasteiger partial charge in [-0.2, -0.15) is 0 Å². The van der Waals surface area contributed by atoms with Crippen molar-refractivity contribution < 1.29 is 5.11 Å². The Kier molecular flexibility index (Phi) is 3.77. The summed E-state index contributed by atoms with van der Waals surface area (Å²) in [7, 11) is 0. The minimum Gasteiger partial charge on any atom is -0.399 e. The lowest BCUT2D eigenvalue weighted by Crippen LogP contribution is -2.09. The van der Waals surface area contributed by atoms with E-state index in [1.807, 2.05) is 25.1 Å². The normalized spacial score (nSPS) is 12.5. The van der Waals surface area contributed by atoms with Crippen molar-refractivity contribution in [3.8, 4) is 0 Å². The highest BCUT2D eigenvalue weighted by Crippen LogP contribution is 2.16. The zero-order valence-electron chi connectivity index (χ0n) is 8.75. The maximum absolute atomic E-state index is 9.07. The van der Waals surface area contributed by atoms with E-state index >= 15 is 0 Å². The van der Waals surface area contributed by atoms with Gasteiger partial charge in [-0.15, -0.1) is 0 Å². The lowest BCUT2D eigenvalue weighted by atomic mass is 10.2. The highest BCUT2D eigenvalue weighted by atomic mass is 16.3. The zero-order valence-corrected chi connectivity index (χ0v) is 8.75. The molecule has 0 bridgehead atoms. The number of anilines is 2. The van der Waals surface area contributed by atoms with E-state index < -0.39 is 0 Å². The maximum atomic E-state index is 9.07. The van der Waals surface area contributed by atoms with Crippen molar-refractivity contribution in [2.45, 2.75) is 26.4 Å². The van der Waals surface area contributed by atoms with Gasteiger partial charge in [0, 0.05) is 17.9 Å². The molecule has 3 nitrogen and oxygen atoms in total. The van der Waals surface area contributed by atoms with Crippen LogP contribution in [0.5, 0.6) is 0 Å². The standard InChI is InChI=1S/C11H18N2O/c1-8-7-10(3-4-11(8)12)13-6-5-9(2)14/h3-4,7,9,13-14H,5-6,12H2,1-2H3. The largest absolute Gasteiger partial charge is 0.399 e. The maximum Gasteiger partial charge on any atom is 0.0528 e. The van der Waals surface area contributed by atoms with Crippen LogP contribution < -0.4 is 11.1 Å². The Morgan fingerprint density at radius 1 is 1.50 bits per heavy atom. The molecule has 1 aromatic rings. The van der Waals surface area contributed by atoms with Gasteiger partial charge >= 0.3 is 0 Å². The summed E-state index contributed by atoms with van der Waals surface area (Å²) in [5, 5.41) is 12.3. The lowest BCUT2D eigenvalue weighted by molar-refractivity contribution is 0.189. The van der Waals surface area contributed by atoms with Crippen LogP contribution in [0.25, 0.3) is 0 Å². The number of aryl methyl sites for hydroxylation is 1. The number of rotatable bonds is 4. The van der Waals surface area contributed by atoms with Crippen LogP contribution in [0.2, 0.25) is 0 Å². The molecule has 3 heteroatoms. The molecular weight excluding hydrogens is 176 g/mol. The van der Waals surface area contributed by atoms with Crippen molar-refractivity contribution in [3.05, 3.63) is 23.8 Å². The van der Waals surface area contributed by atoms with E-state index in [1.54, 1.807) is 6.92 Å². The van der Waals surface area contributed by atoms with E-state index in [0.29, 0.717) is 0 Å². The average molecular weight is 194 g/mol. The molecule has 0 amide bonds. The first-order valence-corrected chi connectivity index (χ1v) is 4.87. The van der Waals surface area contributed by atoms with Gasteiger partial charge in [0.25, 0.3) is 0 Å². The molecule has 0 aliphatic heterocycles. The predicted octanol–water partition coefficient (Wildman–Crippen LogP) is 1.76. The number of benzene rings is 1. The van der Waals surface area contributed by atoms with Crippen molar-refractivity contribution in [3.63, 3.8) is 0 Å². The van der Waals surface area contributed by atoms with Gasteiger partial charge in [0.2, 0.25) is 0 Å². The first-order chi connectivity index (χ1) is 6.59. The summed E-state index contributed by atoms with van der Waals surface area (Å²) in [6.07, 6.45) is 0.501. The van der Waals surface area contributed by atoms with E-state index in [9.17, 15) is 0 Å². The Bertz CT molecular complexity index is 297. The molecule has 78 valence electrons. The molecule has 4 N–H and O–H groups in total. The van der Waals surface area contributed by atoms with Crippen LogP contribution in [0, 0.1) is 6.92 Å². The highest BCUT2D eigenvalue weighted by Gasteiger charge is 1.97. The fraction of sp³-hybridized carbons (Fsp3) is 0.455. The van der Waals surface area contributed by atoms with Gasteiger partial charge in [0.1, 0.15) is 0 Å². The van der Waals surface area contributed by atoms with Gasteiger partial charge in [0.05, 0.1) is 6.10 Å². The number of hydrogen-bond acceptors (Lipinski definition) is 3. The molecule has 0 spiro atoms. The third-order valence-electron chi connectivity index (χ3n) is 2.16. The minimum absolute atomic E-state index is 0.252. The monoisotopic (exact) mass is 194 g/mol. The molecule has 0 heterocycles. The SMILES string of the molecule is Cc1cc(NCCC(C)O)ccc1N. The molecule has 1 aromatic carbocycles. The number of nitrogens with one attached hydrogen (secondary N) is 1. The van der Waals surface area contributed by atoms with Crippen LogP contribution >= 0.6 is 0 Å². The number of nitrogen functional groups attached to an aromatic ring is 1. The molecule has 0 aliphatic rings. The second kappa shape index (κ2) is 4.86. The zero-order chi connectivity index (χ0) is 10.6. The Balaban J connectivity index is 2.47. The van der Waals surface area contributed by atoms with E-state index in [-0.39, 0.29) is 6.10 Å². The summed E-state index contributed by atoms with van der Waals surface area (Å²) >= 11 is 0.